The van der Waals surface area contributed by atoms with Crippen LogP contribution < -0.4 is 9.64 Å². The molecule has 23 heavy (non-hydrogen) atoms. The lowest BCUT2D eigenvalue weighted by molar-refractivity contribution is 0.415. The summed E-state index contributed by atoms with van der Waals surface area (Å²) in [4.78, 5) is 1.99. The van der Waals surface area contributed by atoms with Crippen LogP contribution in [0.1, 0.15) is 5.56 Å². The standard InChI is InChI=1S/C18H15N3O2/c1-12-7-8-16(17(11-12)22-2)21-15-6-4-3-5-13(15)19-20-14-9-10-23-18(14)21/h3-11H,1-2H3. The third-order valence-electron chi connectivity index (χ3n) is 3.79. The molecule has 1 aliphatic rings. The van der Waals surface area contributed by atoms with Crippen molar-refractivity contribution >= 4 is 28.6 Å². The first-order valence-corrected chi connectivity index (χ1v) is 7.31. The van der Waals surface area contributed by atoms with E-state index in [0.29, 0.717) is 11.6 Å². The van der Waals surface area contributed by atoms with E-state index in [9.17, 15) is 0 Å². The van der Waals surface area contributed by atoms with Crippen molar-refractivity contribution in [3.8, 4) is 5.75 Å². The molecule has 0 bridgehead atoms. The van der Waals surface area contributed by atoms with Crippen LogP contribution in [-0.4, -0.2) is 7.11 Å². The number of para-hydroxylation sites is 1. The smallest absolute Gasteiger partial charge is 0.232 e. The molecule has 5 heteroatoms. The molecule has 4 rings (SSSR count). The van der Waals surface area contributed by atoms with E-state index in [1.807, 2.05) is 54.3 Å². The number of anilines is 3. The molecule has 0 unspecified atom stereocenters. The molecular formula is C18H15N3O2. The van der Waals surface area contributed by atoms with Crippen LogP contribution in [0.25, 0.3) is 0 Å². The van der Waals surface area contributed by atoms with Crippen molar-refractivity contribution in [1.82, 2.24) is 0 Å². The Morgan fingerprint density at radius 3 is 2.65 bits per heavy atom. The molecule has 0 atom stereocenters. The van der Waals surface area contributed by atoms with Crippen LogP contribution in [0, 0.1) is 6.92 Å². The summed E-state index contributed by atoms with van der Waals surface area (Å²) in [5.74, 6) is 1.39. The van der Waals surface area contributed by atoms with E-state index in [2.05, 4.69) is 10.2 Å². The predicted molar refractivity (Wildman–Crippen MR) is 88.9 cm³/mol. The minimum atomic E-state index is 0.626. The maximum atomic E-state index is 5.71. The lowest BCUT2D eigenvalue weighted by atomic mass is 10.1. The Bertz CT molecular complexity index is 899. The fraction of sp³-hybridized carbons (Fsp3) is 0.111. The first kappa shape index (κ1) is 13.6. The van der Waals surface area contributed by atoms with Gasteiger partial charge in [-0.2, -0.15) is 0 Å². The van der Waals surface area contributed by atoms with Crippen molar-refractivity contribution in [3.63, 3.8) is 0 Å². The molecule has 2 aromatic carbocycles. The molecule has 0 fully saturated rings. The third-order valence-corrected chi connectivity index (χ3v) is 3.79. The summed E-state index contributed by atoms with van der Waals surface area (Å²) in [6, 6.07) is 15.7. The second-order valence-electron chi connectivity index (χ2n) is 5.31. The molecule has 1 aliphatic heterocycles. The molecule has 1 aromatic heterocycles. The normalized spacial score (nSPS) is 12.5. The number of hydrogen-bond donors (Lipinski definition) is 0. The second-order valence-corrected chi connectivity index (χ2v) is 5.31. The molecule has 0 saturated heterocycles. The number of azo groups is 1. The summed E-state index contributed by atoms with van der Waals surface area (Å²) < 4.78 is 11.3. The van der Waals surface area contributed by atoms with E-state index in [1.165, 1.54) is 0 Å². The average Bonchev–Trinajstić information content (AvgIpc) is 2.98. The fourth-order valence-electron chi connectivity index (χ4n) is 2.70. The maximum absolute atomic E-state index is 5.71. The molecule has 3 aromatic rings. The number of fused-ring (bicyclic) bond motifs is 2. The Morgan fingerprint density at radius 2 is 1.78 bits per heavy atom. The Balaban J connectivity index is 2.00. The lowest BCUT2D eigenvalue weighted by Gasteiger charge is -2.24. The number of benzene rings is 2. The number of hydrogen-bond acceptors (Lipinski definition) is 5. The molecular weight excluding hydrogens is 290 g/mol. The average molecular weight is 305 g/mol. The van der Waals surface area contributed by atoms with Crippen LogP contribution in [0.4, 0.5) is 28.6 Å². The van der Waals surface area contributed by atoms with Crippen molar-refractivity contribution < 1.29 is 9.15 Å². The van der Waals surface area contributed by atoms with Crippen LogP contribution in [0.15, 0.2) is 69.4 Å². The van der Waals surface area contributed by atoms with Gasteiger partial charge in [-0.15, -0.1) is 10.2 Å². The quantitative estimate of drug-likeness (QED) is 0.470. The summed E-state index contributed by atoms with van der Waals surface area (Å²) in [6.45, 7) is 2.03. The number of furan rings is 1. The Morgan fingerprint density at radius 1 is 0.957 bits per heavy atom. The van der Waals surface area contributed by atoms with Crippen LogP contribution >= 0.6 is 0 Å². The molecule has 0 N–H and O–H groups in total. The van der Waals surface area contributed by atoms with Crippen LogP contribution in [0.2, 0.25) is 0 Å². The lowest BCUT2D eigenvalue weighted by Crippen LogP contribution is -2.10. The van der Waals surface area contributed by atoms with Gasteiger partial charge in [-0.3, -0.25) is 4.90 Å². The van der Waals surface area contributed by atoms with Gasteiger partial charge in [-0.1, -0.05) is 18.2 Å². The number of methoxy groups -OCH3 is 1. The van der Waals surface area contributed by atoms with E-state index in [4.69, 9.17) is 9.15 Å². The van der Waals surface area contributed by atoms with Gasteiger partial charge in [0.2, 0.25) is 5.88 Å². The van der Waals surface area contributed by atoms with Crippen LogP contribution in [0.3, 0.4) is 0 Å². The van der Waals surface area contributed by atoms with Gasteiger partial charge in [0.15, 0.2) is 0 Å². The molecule has 2 heterocycles. The Labute approximate surface area is 133 Å². The fourth-order valence-corrected chi connectivity index (χ4v) is 2.70. The highest BCUT2D eigenvalue weighted by atomic mass is 16.5. The van der Waals surface area contributed by atoms with Gasteiger partial charge < -0.3 is 9.15 Å². The van der Waals surface area contributed by atoms with E-state index >= 15 is 0 Å². The van der Waals surface area contributed by atoms with Crippen molar-refractivity contribution in [2.24, 2.45) is 10.2 Å². The first-order valence-electron chi connectivity index (χ1n) is 7.31. The van der Waals surface area contributed by atoms with Crippen molar-refractivity contribution in [1.29, 1.82) is 0 Å². The largest absolute Gasteiger partial charge is 0.495 e. The van der Waals surface area contributed by atoms with Crippen molar-refractivity contribution in [3.05, 3.63) is 60.4 Å². The molecule has 0 amide bonds. The first-order chi connectivity index (χ1) is 11.3. The van der Waals surface area contributed by atoms with Crippen LogP contribution in [0.5, 0.6) is 5.75 Å². The molecule has 0 saturated carbocycles. The molecule has 114 valence electrons. The highest BCUT2D eigenvalue weighted by molar-refractivity contribution is 5.88. The second kappa shape index (κ2) is 5.28. The van der Waals surface area contributed by atoms with Gasteiger partial charge in [0.1, 0.15) is 17.1 Å². The summed E-state index contributed by atoms with van der Waals surface area (Å²) in [5, 5.41) is 8.62. The number of rotatable bonds is 2. The predicted octanol–water partition coefficient (Wildman–Crippen LogP) is 5.80. The number of aryl methyl sites for hydroxylation is 1. The Hall–Kier alpha value is -3.08. The maximum Gasteiger partial charge on any atom is 0.232 e. The van der Waals surface area contributed by atoms with E-state index < -0.39 is 0 Å². The SMILES string of the molecule is COc1cc(C)ccc1N1c2ccccc2N=Nc2ccoc21. The van der Waals surface area contributed by atoms with Gasteiger partial charge in [0, 0.05) is 6.07 Å². The van der Waals surface area contributed by atoms with E-state index in [0.717, 1.165) is 28.4 Å². The highest BCUT2D eigenvalue weighted by Gasteiger charge is 2.26. The van der Waals surface area contributed by atoms with E-state index in [1.54, 1.807) is 19.4 Å². The van der Waals surface area contributed by atoms with E-state index in [-0.39, 0.29) is 0 Å². The summed E-state index contributed by atoms with van der Waals surface area (Å²) in [7, 11) is 1.67. The van der Waals surface area contributed by atoms with Gasteiger partial charge in [-0.05, 0) is 36.8 Å². The van der Waals surface area contributed by atoms with Crippen molar-refractivity contribution in [2.45, 2.75) is 6.92 Å². The minimum Gasteiger partial charge on any atom is -0.495 e. The molecule has 5 nitrogen and oxygen atoms in total. The summed E-state index contributed by atoms with van der Waals surface area (Å²) in [6.07, 6.45) is 1.62. The molecule has 0 aliphatic carbocycles. The molecule has 0 spiro atoms. The van der Waals surface area contributed by atoms with Crippen molar-refractivity contribution in [2.75, 3.05) is 12.0 Å². The Kier molecular flexibility index (Phi) is 3.12. The van der Waals surface area contributed by atoms with Gasteiger partial charge >= 0.3 is 0 Å². The van der Waals surface area contributed by atoms with Gasteiger partial charge in [0.25, 0.3) is 0 Å². The monoisotopic (exact) mass is 305 g/mol. The highest BCUT2D eigenvalue weighted by Crippen LogP contribution is 2.49. The zero-order chi connectivity index (χ0) is 15.8. The zero-order valence-corrected chi connectivity index (χ0v) is 12.9. The number of nitrogens with zero attached hydrogens (tertiary/aromatic N) is 3. The minimum absolute atomic E-state index is 0.626. The van der Waals surface area contributed by atoms with Gasteiger partial charge in [0.05, 0.1) is 24.7 Å². The topological polar surface area (TPSA) is 50.3 Å². The summed E-state index contributed by atoms with van der Waals surface area (Å²) >= 11 is 0. The van der Waals surface area contributed by atoms with Crippen LogP contribution in [-0.2, 0) is 0 Å². The number of ether oxygens (including phenoxy) is 1. The van der Waals surface area contributed by atoms with Gasteiger partial charge in [-0.25, -0.2) is 0 Å². The molecule has 0 radical (unpaired) electrons. The zero-order valence-electron chi connectivity index (χ0n) is 12.9. The third kappa shape index (κ3) is 2.17. The summed E-state index contributed by atoms with van der Waals surface area (Å²) in [5.41, 5.74) is 4.37.